The molecule has 2 aromatic carbocycles. The van der Waals surface area contributed by atoms with Crippen molar-refractivity contribution in [2.45, 2.75) is 26.2 Å². The van der Waals surface area contributed by atoms with Crippen LogP contribution < -0.4 is 0 Å². The number of H-pyrrole nitrogens is 1. The van der Waals surface area contributed by atoms with Gasteiger partial charge >= 0.3 is 0 Å². The van der Waals surface area contributed by atoms with Crippen molar-refractivity contribution < 1.29 is 9.90 Å². The van der Waals surface area contributed by atoms with Gasteiger partial charge in [-0.05, 0) is 47.9 Å². The average Bonchev–Trinajstić information content (AvgIpc) is 3.11. The molecule has 0 spiro atoms. The first-order valence-corrected chi connectivity index (χ1v) is 9.82. The van der Waals surface area contributed by atoms with Crippen LogP contribution in [-0.2, 0) is 10.2 Å². The number of aliphatic hydroxyl groups is 1. The molecule has 146 valence electrons. The summed E-state index contributed by atoms with van der Waals surface area (Å²) < 4.78 is 0. The Hall–Kier alpha value is -3.04. The lowest BCUT2D eigenvalue weighted by atomic mass is 9.74. The van der Waals surface area contributed by atoms with Crippen LogP contribution in [0.25, 0.3) is 16.5 Å². The molecule has 3 aromatic rings. The number of allylic oxidation sites excluding steroid dienone is 4. The van der Waals surface area contributed by atoms with Crippen LogP contribution in [0.15, 0.2) is 78.2 Å². The summed E-state index contributed by atoms with van der Waals surface area (Å²) in [6.07, 6.45) is 3.45. The first-order valence-electron chi connectivity index (χ1n) is 9.44. The number of Topliss-reactive ketones (excluding diaryl/α,β-unsaturated/α-hetero) is 1. The van der Waals surface area contributed by atoms with Gasteiger partial charge in [-0.3, -0.25) is 4.79 Å². The molecular weight excluding hydrogens is 382 g/mol. The molecule has 2 N–H and O–H groups in total. The van der Waals surface area contributed by atoms with Gasteiger partial charge in [-0.25, -0.2) is 0 Å². The number of aromatic nitrogens is 1. The molecule has 3 nitrogen and oxygen atoms in total. The Bertz CT molecular complexity index is 1240. The van der Waals surface area contributed by atoms with E-state index in [4.69, 9.17) is 11.6 Å². The molecule has 0 aliphatic heterocycles. The van der Waals surface area contributed by atoms with Gasteiger partial charge in [0.05, 0.1) is 11.1 Å². The van der Waals surface area contributed by atoms with E-state index in [1.165, 1.54) is 0 Å². The number of para-hydroxylation sites is 1. The molecule has 1 aliphatic carbocycles. The molecule has 0 atom stereocenters. The van der Waals surface area contributed by atoms with E-state index in [-0.39, 0.29) is 11.5 Å². The third kappa shape index (κ3) is 3.02. The topological polar surface area (TPSA) is 53.1 Å². The molecule has 0 radical (unpaired) electrons. The van der Waals surface area contributed by atoms with Crippen LogP contribution in [-0.4, -0.2) is 15.9 Å². The van der Waals surface area contributed by atoms with Gasteiger partial charge < -0.3 is 10.1 Å². The van der Waals surface area contributed by atoms with Crippen molar-refractivity contribution in [1.82, 2.24) is 4.98 Å². The van der Waals surface area contributed by atoms with Crippen molar-refractivity contribution in [2.24, 2.45) is 0 Å². The summed E-state index contributed by atoms with van der Waals surface area (Å²) in [5, 5.41) is 12.2. The maximum atomic E-state index is 12.9. The van der Waals surface area contributed by atoms with E-state index < -0.39 is 5.41 Å². The Labute approximate surface area is 175 Å². The number of halogens is 1. The summed E-state index contributed by atoms with van der Waals surface area (Å²) in [5.74, 6) is -0.161. The summed E-state index contributed by atoms with van der Waals surface area (Å²) in [4.78, 5) is 16.0. The zero-order valence-electron chi connectivity index (χ0n) is 16.6. The number of hydrogen-bond donors (Lipinski definition) is 2. The molecule has 1 aliphatic rings. The molecule has 0 amide bonds. The van der Waals surface area contributed by atoms with Crippen LogP contribution in [0.1, 0.15) is 30.5 Å². The van der Waals surface area contributed by atoms with Crippen molar-refractivity contribution in [3.05, 3.63) is 99.9 Å². The lowest BCUT2D eigenvalue weighted by molar-refractivity contribution is -0.111. The van der Waals surface area contributed by atoms with E-state index in [0.717, 1.165) is 33.2 Å². The molecule has 0 bridgehead atoms. The van der Waals surface area contributed by atoms with Crippen LogP contribution >= 0.6 is 11.6 Å². The summed E-state index contributed by atoms with van der Waals surface area (Å²) in [7, 11) is 0. The highest BCUT2D eigenvalue weighted by Crippen LogP contribution is 2.42. The zero-order chi connectivity index (χ0) is 20.9. The monoisotopic (exact) mass is 403 g/mol. The van der Waals surface area contributed by atoms with E-state index in [0.29, 0.717) is 16.2 Å². The van der Waals surface area contributed by atoms with Gasteiger partial charge in [0.15, 0.2) is 0 Å². The number of rotatable bonds is 4. The largest absolute Gasteiger partial charge is 0.506 e. The molecule has 29 heavy (non-hydrogen) atoms. The lowest BCUT2D eigenvalue weighted by Gasteiger charge is -2.30. The molecule has 0 saturated carbocycles. The quantitative estimate of drug-likeness (QED) is 0.492. The second-order valence-electron chi connectivity index (χ2n) is 7.97. The summed E-state index contributed by atoms with van der Waals surface area (Å²) in [6, 6.07) is 13.5. The second-order valence-corrected chi connectivity index (χ2v) is 8.40. The number of aryl methyl sites for hydroxylation is 1. The Morgan fingerprint density at radius 3 is 2.66 bits per heavy atom. The van der Waals surface area contributed by atoms with Gasteiger partial charge in [0.2, 0.25) is 5.78 Å². The van der Waals surface area contributed by atoms with Crippen molar-refractivity contribution >= 4 is 33.9 Å². The van der Waals surface area contributed by atoms with Gasteiger partial charge in [0, 0.05) is 33.1 Å². The number of fused-ring (bicyclic) bond motifs is 1. The SMILES string of the molecule is C=C(/C=C1\C(=O)C(c2c[nH]c3ccccc23)=C1O)C(C)(C)c1cc(Cl)ccc1C. The molecular formula is C25H22ClNO2. The van der Waals surface area contributed by atoms with E-state index in [2.05, 4.69) is 11.6 Å². The summed E-state index contributed by atoms with van der Waals surface area (Å²) >= 11 is 6.19. The number of carbonyl (C=O) groups is 1. The van der Waals surface area contributed by atoms with Gasteiger partial charge in [-0.1, -0.05) is 56.3 Å². The minimum absolute atomic E-state index is 0.0134. The fourth-order valence-electron chi connectivity index (χ4n) is 3.88. The first kappa shape index (κ1) is 19.3. The highest BCUT2D eigenvalue weighted by atomic mass is 35.5. The smallest absolute Gasteiger partial charge is 0.201 e. The number of aliphatic hydroxyl groups excluding tert-OH is 1. The van der Waals surface area contributed by atoms with E-state index in [1.54, 1.807) is 12.3 Å². The standard InChI is InChI=1S/C25H22ClNO2/c1-14-9-10-16(26)12-20(14)25(3,4)15(2)11-18-23(28)22(24(18)29)19-13-27-21-8-6-5-7-17(19)21/h5-13,27-28H,2H2,1,3-4H3/b18-11-. The predicted molar refractivity (Wildman–Crippen MR) is 119 cm³/mol. The number of aromatic amines is 1. The maximum absolute atomic E-state index is 12.9. The Balaban J connectivity index is 1.71. The van der Waals surface area contributed by atoms with Crippen molar-refractivity contribution in [1.29, 1.82) is 0 Å². The van der Waals surface area contributed by atoms with Crippen molar-refractivity contribution in [3.63, 3.8) is 0 Å². The van der Waals surface area contributed by atoms with Crippen molar-refractivity contribution in [2.75, 3.05) is 0 Å². The predicted octanol–water partition coefficient (Wildman–Crippen LogP) is 6.44. The third-order valence-electron chi connectivity index (χ3n) is 5.82. The number of benzene rings is 2. The molecule has 0 unspecified atom stereocenters. The summed E-state index contributed by atoms with van der Waals surface area (Å²) in [6.45, 7) is 10.3. The highest BCUT2D eigenvalue weighted by molar-refractivity contribution is 6.40. The van der Waals surface area contributed by atoms with Crippen molar-refractivity contribution in [3.8, 4) is 0 Å². The van der Waals surface area contributed by atoms with Gasteiger partial charge in [0.1, 0.15) is 5.76 Å². The Morgan fingerprint density at radius 1 is 1.21 bits per heavy atom. The van der Waals surface area contributed by atoms with Gasteiger partial charge in [-0.15, -0.1) is 0 Å². The number of carbonyl (C=O) groups excluding carboxylic acids is 1. The first-order chi connectivity index (χ1) is 13.7. The van der Waals surface area contributed by atoms with Gasteiger partial charge in [-0.2, -0.15) is 0 Å². The van der Waals surface area contributed by atoms with E-state index >= 15 is 0 Å². The van der Waals surface area contributed by atoms with E-state index in [9.17, 15) is 9.90 Å². The molecule has 1 heterocycles. The Morgan fingerprint density at radius 2 is 1.93 bits per heavy atom. The molecule has 0 saturated heterocycles. The second kappa shape index (κ2) is 6.78. The molecule has 0 fully saturated rings. The third-order valence-corrected chi connectivity index (χ3v) is 6.05. The number of ketones is 1. The maximum Gasteiger partial charge on any atom is 0.201 e. The highest BCUT2D eigenvalue weighted by Gasteiger charge is 2.37. The minimum atomic E-state index is -0.445. The normalized spacial score (nSPS) is 15.9. The lowest BCUT2D eigenvalue weighted by Crippen LogP contribution is -2.24. The van der Waals surface area contributed by atoms with Crippen LogP contribution in [0.4, 0.5) is 0 Å². The zero-order valence-corrected chi connectivity index (χ0v) is 17.4. The van der Waals surface area contributed by atoms with Crippen LogP contribution in [0.3, 0.4) is 0 Å². The Kier molecular flexibility index (Phi) is 4.51. The average molecular weight is 404 g/mol. The van der Waals surface area contributed by atoms with Crippen LogP contribution in [0, 0.1) is 6.92 Å². The van der Waals surface area contributed by atoms with Crippen LogP contribution in [0.2, 0.25) is 5.02 Å². The van der Waals surface area contributed by atoms with Gasteiger partial charge in [0.25, 0.3) is 0 Å². The number of nitrogens with one attached hydrogen (secondary N) is 1. The molecule has 1 aromatic heterocycles. The van der Waals surface area contributed by atoms with Crippen LogP contribution in [0.5, 0.6) is 0 Å². The molecule has 4 heteroatoms. The fraction of sp³-hybridized carbons (Fsp3) is 0.160. The minimum Gasteiger partial charge on any atom is -0.506 e. The fourth-order valence-corrected chi connectivity index (χ4v) is 4.05. The van der Waals surface area contributed by atoms with E-state index in [1.807, 2.05) is 63.2 Å². The number of hydrogen-bond acceptors (Lipinski definition) is 2. The molecule has 4 rings (SSSR count). The summed E-state index contributed by atoms with van der Waals surface area (Å²) in [5.41, 5.74) is 4.71.